The normalized spacial score (nSPS) is 24.1. The predicted molar refractivity (Wildman–Crippen MR) is 180 cm³/mol. The molecule has 0 spiro atoms. The minimum Gasteiger partial charge on any atom is -0.508 e. The van der Waals surface area contributed by atoms with Crippen LogP contribution in [0.4, 0.5) is 0 Å². The number of Topliss-reactive ketones (excluding diaryl/α,β-unsaturated/α-hetero) is 2. The van der Waals surface area contributed by atoms with Crippen molar-refractivity contribution in [2.75, 3.05) is 14.2 Å². The quantitative estimate of drug-likeness (QED) is 0.173. The summed E-state index contributed by atoms with van der Waals surface area (Å²) in [6, 6.07) is 8.79. The van der Waals surface area contributed by atoms with Gasteiger partial charge in [0.2, 0.25) is 5.78 Å². The number of hydrogen-bond acceptors (Lipinski definition) is 10. The van der Waals surface area contributed by atoms with Gasteiger partial charge in [0.1, 0.15) is 28.6 Å². The Morgan fingerprint density at radius 3 is 2.31 bits per heavy atom. The standard InChI is InChI=1S/C38H45NO10/c1-17(2)13-20(37(46)49-6)9-7-19-8-12-27(48-5)23(14-19)22-10-11-26(40)30-24(22)15-21-16-25-28(18(3)4)32(41)31(36(39)45)35(44)38(25,47)34(43)29(21)33(30)42/h8,10-12,14,17-18,20-21,25,28,40,42,44,47H,7,9,13,15-16H2,1-6H3,(H2,39,45)/t20?,21-,25-,28-,38-/m0/s1. The molecule has 1 saturated carbocycles. The zero-order valence-electron chi connectivity index (χ0n) is 28.7. The van der Waals surface area contributed by atoms with Gasteiger partial charge in [-0.2, -0.15) is 0 Å². The van der Waals surface area contributed by atoms with Crippen LogP contribution in [0, 0.1) is 35.5 Å². The number of aliphatic hydroxyl groups is 3. The van der Waals surface area contributed by atoms with Gasteiger partial charge in [-0.1, -0.05) is 39.8 Å². The van der Waals surface area contributed by atoms with E-state index in [1.165, 1.54) is 20.3 Å². The highest BCUT2D eigenvalue weighted by Crippen LogP contribution is 2.55. The van der Waals surface area contributed by atoms with E-state index in [4.69, 9.17) is 15.2 Å². The number of methoxy groups -OCH3 is 2. The molecular formula is C38H45NO10. The van der Waals surface area contributed by atoms with Gasteiger partial charge in [-0.15, -0.1) is 0 Å². The van der Waals surface area contributed by atoms with Gasteiger partial charge < -0.3 is 35.6 Å². The second kappa shape index (κ2) is 13.3. The summed E-state index contributed by atoms with van der Waals surface area (Å²) in [7, 11) is 2.92. The Morgan fingerprint density at radius 2 is 1.71 bits per heavy atom. The average Bonchev–Trinajstić information content (AvgIpc) is 3.03. The van der Waals surface area contributed by atoms with Crippen molar-refractivity contribution in [2.24, 2.45) is 41.2 Å². The number of primary amides is 1. The van der Waals surface area contributed by atoms with Gasteiger partial charge in [0, 0.05) is 23.0 Å². The van der Waals surface area contributed by atoms with Gasteiger partial charge in [0.05, 0.1) is 25.7 Å². The maximum Gasteiger partial charge on any atom is 0.308 e. The molecule has 2 aromatic rings. The highest BCUT2D eigenvalue weighted by atomic mass is 16.5. The van der Waals surface area contributed by atoms with E-state index in [1.807, 2.05) is 18.2 Å². The topological polar surface area (TPSA) is 194 Å². The third-order valence-electron chi connectivity index (χ3n) is 10.5. The molecule has 1 amide bonds. The fourth-order valence-electron chi connectivity index (χ4n) is 8.27. The third-order valence-corrected chi connectivity index (χ3v) is 10.5. The molecule has 0 bridgehead atoms. The summed E-state index contributed by atoms with van der Waals surface area (Å²) in [6.45, 7) is 7.55. The molecule has 1 fully saturated rings. The van der Waals surface area contributed by atoms with Gasteiger partial charge in [-0.25, -0.2) is 0 Å². The maximum atomic E-state index is 14.2. The molecule has 0 saturated heterocycles. The molecule has 5 atom stereocenters. The van der Waals surface area contributed by atoms with Crippen molar-refractivity contribution in [2.45, 2.75) is 65.4 Å². The lowest BCUT2D eigenvalue weighted by molar-refractivity contribution is -0.155. The number of aromatic hydroxyl groups is 1. The summed E-state index contributed by atoms with van der Waals surface area (Å²) in [5, 5.41) is 45.8. The van der Waals surface area contributed by atoms with Crippen molar-refractivity contribution in [1.29, 1.82) is 0 Å². The van der Waals surface area contributed by atoms with Crippen LogP contribution in [0.5, 0.6) is 11.5 Å². The van der Waals surface area contributed by atoms with Crippen LogP contribution in [-0.4, -0.2) is 63.7 Å². The summed E-state index contributed by atoms with van der Waals surface area (Å²) in [4.78, 5) is 52.4. The zero-order chi connectivity index (χ0) is 36.1. The van der Waals surface area contributed by atoms with E-state index in [2.05, 4.69) is 13.8 Å². The Kier molecular flexibility index (Phi) is 9.71. The molecule has 11 nitrogen and oxygen atoms in total. The number of benzene rings is 2. The molecule has 0 radical (unpaired) electrons. The summed E-state index contributed by atoms with van der Waals surface area (Å²) < 4.78 is 10.8. The lowest BCUT2D eigenvalue weighted by Crippen LogP contribution is -2.62. The number of nitrogens with two attached hydrogens (primary N) is 1. The first kappa shape index (κ1) is 35.7. The van der Waals surface area contributed by atoms with Crippen LogP contribution in [0.2, 0.25) is 0 Å². The number of carbonyl (C=O) groups is 4. The van der Waals surface area contributed by atoms with Crippen molar-refractivity contribution >= 4 is 29.2 Å². The average molecular weight is 676 g/mol. The Labute approximate surface area is 285 Å². The molecule has 262 valence electrons. The summed E-state index contributed by atoms with van der Waals surface area (Å²) in [5.41, 5.74) is 4.50. The number of rotatable bonds is 10. The minimum atomic E-state index is -2.67. The number of esters is 1. The molecule has 5 rings (SSSR count). The number of fused-ring (bicyclic) bond motifs is 3. The number of aliphatic hydroxyl groups excluding tert-OH is 2. The van der Waals surface area contributed by atoms with Gasteiger partial charge in [0.15, 0.2) is 11.4 Å². The van der Waals surface area contributed by atoms with E-state index in [1.54, 1.807) is 19.9 Å². The molecule has 49 heavy (non-hydrogen) atoms. The van der Waals surface area contributed by atoms with Crippen molar-refractivity contribution < 1.29 is 49.1 Å². The number of hydrogen-bond donors (Lipinski definition) is 5. The smallest absolute Gasteiger partial charge is 0.308 e. The van der Waals surface area contributed by atoms with E-state index in [0.29, 0.717) is 47.6 Å². The Balaban J connectivity index is 1.62. The number of ketones is 2. The van der Waals surface area contributed by atoms with Crippen LogP contribution in [-0.2, 0) is 36.8 Å². The Hall–Kier alpha value is -4.64. The number of phenolic OH excluding ortho intramolecular Hbond substituents is 1. The first-order chi connectivity index (χ1) is 23.1. The molecule has 0 heterocycles. The summed E-state index contributed by atoms with van der Waals surface area (Å²) >= 11 is 0. The molecule has 11 heteroatoms. The van der Waals surface area contributed by atoms with E-state index in [-0.39, 0.29) is 41.6 Å². The molecule has 0 aromatic heterocycles. The number of amides is 1. The van der Waals surface area contributed by atoms with E-state index >= 15 is 0 Å². The van der Waals surface area contributed by atoms with Crippen LogP contribution < -0.4 is 10.5 Å². The molecule has 3 aliphatic carbocycles. The second-order valence-electron chi connectivity index (χ2n) is 14.2. The first-order valence-corrected chi connectivity index (χ1v) is 16.7. The molecule has 3 aliphatic rings. The molecule has 2 aromatic carbocycles. The fraction of sp³-hybridized carbons (Fsp3) is 0.474. The molecule has 1 unspecified atom stereocenters. The van der Waals surface area contributed by atoms with Crippen molar-refractivity contribution in [3.8, 4) is 22.6 Å². The van der Waals surface area contributed by atoms with E-state index < -0.39 is 63.8 Å². The monoisotopic (exact) mass is 675 g/mol. The zero-order valence-corrected chi connectivity index (χ0v) is 28.7. The highest BCUT2D eigenvalue weighted by Gasteiger charge is 2.64. The number of phenols is 1. The van der Waals surface area contributed by atoms with Crippen molar-refractivity contribution in [1.82, 2.24) is 0 Å². The van der Waals surface area contributed by atoms with E-state index in [0.717, 1.165) is 5.56 Å². The third kappa shape index (κ3) is 5.88. The van der Waals surface area contributed by atoms with Gasteiger partial charge in [0.25, 0.3) is 5.91 Å². The van der Waals surface area contributed by atoms with Crippen molar-refractivity contribution in [3.63, 3.8) is 0 Å². The number of carbonyl (C=O) groups excluding carboxylic acids is 4. The lowest BCUT2D eigenvalue weighted by atomic mass is 9.54. The highest BCUT2D eigenvalue weighted by molar-refractivity contribution is 6.23. The first-order valence-electron chi connectivity index (χ1n) is 16.7. The van der Waals surface area contributed by atoms with E-state index in [9.17, 15) is 39.6 Å². The van der Waals surface area contributed by atoms with Crippen LogP contribution in [0.15, 0.2) is 47.2 Å². The molecule has 6 N–H and O–H groups in total. The van der Waals surface area contributed by atoms with Gasteiger partial charge in [-0.05, 0) is 84.7 Å². The summed E-state index contributed by atoms with van der Waals surface area (Å²) in [5.74, 6) is -7.95. The molecular weight excluding hydrogens is 630 g/mol. The Morgan fingerprint density at radius 1 is 1.02 bits per heavy atom. The number of ether oxygens (including phenoxy) is 2. The van der Waals surface area contributed by atoms with Crippen LogP contribution in [0.25, 0.3) is 16.9 Å². The lowest BCUT2D eigenvalue weighted by Gasteiger charge is -2.50. The van der Waals surface area contributed by atoms with Crippen LogP contribution in [0.1, 0.15) is 63.6 Å². The van der Waals surface area contributed by atoms with Gasteiger partial charge >= 0.3 is 5.97 Å². The largest absolute Gasteiger partial charge is 0.508 e. The van der Waals surface area contributed by atoms with Crippen molar-refractivity contribution in [3.05, 3.63) is 63.9 Å². The Bertz CT molecular complexity index is 1790. The SMILES string of the molecule is COC(=O)C(CCc1ccc(OC)c(-c2ccc(O)c3c2C[C@H]2C[C@H]4[C@H](C(C)C)C(=O)C(C(N)=O)=C(O)[C@@]4(O)C(=O)C2=C3O)c1)CC(C)C. The molecule has 0 aliphatic heterocycles. The number of aryl methyl sites for hydroxylation is 1. The maximum absolute atomic E-state index is 14.2. The van der Waals surface area contributed by atoms with Crippen LogP contribution in [0.3, 0.4) is 0 Å². The fourth-order valence-corrected chi connectivity index (χ4v) is 8.27. The summed E-state index contributed by atoms with van der Waals surface area (Å²) in [6.07, 6.45) is 2.00. The minimum absolute atomic E-state index is 0.000171. The van der Waals surface area contributed by atoms with Crippen LogP contribution >= 0.6 is 0 Å². The van der Waals surface area contributed by atoms with Gasteiger partial charge in [-0.3, -0.25) is 19.2 Å². The second-order valence-corrected chi connectivity index (χ2v) is 14.2. The predicted octanol–water partition coefficient (Wildman–Crippen LogP) is 4.75.